The lowest BCUT2D eigenvalue weighted by Crippen LogP contribution is -1.94. The van der Waals surface area contributed by atoms with E-state index in [0.717, 1.165) is 0 Å². The van der Waals surface area contributed by atoms with Gasteiger partial charge in [0.15, 0.2) is 0 Å². The van der Waals surface area contributed by atoms with Gasteiger partial charge in [0.1, 0.15) is 0 Å². The normalized spacial score (nSPS) is 17.8. The minimum Gasteiger partial charge on any atom is -0.0654 e. The van der Waals surface area contributed by atoms with E-state index < -0.39 is 0 Å². The molecule has 0 aromatic heterocycles. The van der Waals surface area contributed by atoms with E-state index in [1.54, 1.807) is 0 Å². The minimum atomic E-state index is 0.532. The lowest BCUT2D eigenvalue weighted by Gasteiger charge is -2.14. The van der Waals surface area contributed by atoms with Crippen molar-refractivity contribution in [2.75, 3.05) is 0 Å². The van der Waals surface area contributed by atoms with Gasteiger partial charge in [-0.2, -0.15) is 0 Å². The highest BCUT2D eigenvalue weighted by molar-refractivity contribution is 6.14. The molecule has 3 aromatic rings. The Labute approximate surface area is 113 Å². The van der Waals surface area contributed by atoms with Gasteiger partial charge in [0.25, 0.3) is 0 Å². The first-order valence-electron chi connectivity index (χ1n) is 6.89. The Hall–Kier alpha value is -2.08. The summed E-state index contributed by atoms with van der Waals surface area (Å²) in [4.78, 5) is 0. The van der Waals surface area contributed by atoms with E-state index in [4.69, 9.17) is 0 Å². The van der Waals surface area contributed by atoms with Crippen molar-refractivity contribution in [1.82, 2.24) is 0 Å². The number of benzene rings is 3. The number of fused-ring (bicyclic) bond motifs is 6. The molecule has 19 heavy (non-hydrogen) atoms. The maximum Gasteiger partial charge on any atom is 0.00327 e. The quantitative estimate of drug-likeness (QED) is 0.457. The van der Waals surface area contributed by atoms with Crippen LogP contribution in [0.3, 0.4) is 0 Å². The summed E-state index contributed by atoms with van der Waals surface area (Å²) < 4.78 is 0. The number of hydrogen-bond acceptors (Lipinski definition) is 0. The third kappa shape index (κ3) is 1.34. The van der Waals surface area contributed by atoms with Crippen molar-refractivity contribution in [1.29, 1.82) is 0 Å². The predicted molar refractivity (Wildman–Crippen MR) is 83.5 cm³/mol. The molecule has 1 atom stereocenters. The second-order valence-electron chi connectivity index (χ2n) is 5.53. The van der Waals surface area contributed by atoms with Gasteiger partial charge < -0.3 is 0 Å². The highest BCUT2D eigenvalue weighted by Crippen LogP contribution is 2.44. The second kappa shape index (κ2) is 3.71. The van der Waals surface area contributed by atoms with E-state index in [0.29, 0.717) is 5.92 Å². The van der Waals surface area contributed by atoms with E-state index >= 15 is 0 Å². The lowest BCUT2D eigenvalue weighted by molar-refractivity contribution is 0.932. The van der Waals surface area contributed by atoms with Crippen LogP contribution in [-0.4, -0.2) is 0 Å². The Balaban J connectivity index is 2.32. The van der Waals surface area contributed by atoms with E-state index in [2.05, 4.69) is 68.5 Å². The highest BCUT2D eigenvalue weighted by atomic mass is 14.3. The zero-order valence-electron chi connectivity index (χ0n) is 11.3. The molecule has 1 aliphatic rings. The first-order chi connectivity index (χ1) is 9.27. The van der Waals surface area contributed by atoms with Crippen LogP contribution in [0.4, 0.5) is 0 Å². The molecule has 0 saturated carbocycles. The summed E-state index contributed by atoms with van der Waals surface area (Å²) in [6.45, 7) is 4.56. The van der Waals surface area contributed by atoms with Crippen molar-refractivity contribution in [3.05, 3.63) is 65.2 Å². The third-order valence-electron chi connectivity index (χ3n) is 4.50. The van der Waals surface area contributed by atoms with Crippen LogP contribution in [-0.2, 0) is 0 Å². The van der Waals surface area contributed by atoms with Crippen LogP contribution in [0.5, 0.6) is 0 Å². The zero-order valence-corrected chi connectivity index (χ0v) is 11.3. The Kier molecular flexibility index (Phi) is 2.11. The van der Waals surface area contributed by atoms with Crippen molar-refractivity contribution in [2.24, 2.45) is 0 Å². The fraction of sp³-hybridized carbons (Fsp3) is 0.158. The summed E-state index contributed by atoms with van der Waals surface area (Å²) in [6, 6.07) is 17.6. The Morgan fingerprint density at radius 2 is 1.26 bits per heavy atom. The molecule has 4 rings (SSSR count). The molecular weight excluding hydrogens is 228 g/mol. The molecule has 0 saturated heterocycles. The summed E-state index contributed by atoms with van der Waals surface area (Å²) in [7, 11) is 0. The monoisotopic (exact) mass is 244 g/mol. The summed E-state index contributed by atoms with van der Waals surface area (Å²) in [5, 5.41) is 5.55. The molecule has 0 aliphatic heterocycles. The van der Waals surface area contributed by atoms with Crippen molar-refractivity contribution in [3.8, 4) is 0 Å². The molecular formula is C19H16. The molecule has 0 amide bonds. The Bertz CT molecular complexity index is 837. The molecule has 0 N–H and O–H groups in total. The van der Waals surface area contributed by atoms with E-state index in [-0.39, 0.29) is 0 Å². The molecule has 92 valence electrons. The van der Waals surface area contributed by atoms with Crippen LogP contribution in [0.15, 0.2) is 54.1 Å². The van der Waals surface area contributed by atoms with Crippen molar-refractivity contribution < 1.29 is 0 Å². The summed E-state index contributed by atoms with van der Waals surface area (Å²) in [5.74, 6) is 0.532. The average Bonchev–Trinajstić information content (AvgIpc) is 2.76. The topological polar surface area (TPSA) is 0 Å². The van der Waals surface area contributed by atoms with Gasteiger partial charge >= 0.3 is 0 Å². The lowest BCUT2D eigenvalue weighted by atomic mass is 9.89. The largest absolute Gasteiger partial charge is 0.0654 e. The van der Waals surface area contributed by atoms with Crippen LogP contribution >= 0.6 is 0 Å². The average molecular weight is 244 g/mol. The molecule has 1 aliphatic carbocycles. The smallest absolute Gasteiger partial charge is 0.00327 e. The van der Waals surface area contributed by atoms with E-state index in [1.807, 2.05) is 0 Å². The van der Waals surface area contributed by atoms with Crippen LogP contribution in [0.2, 0.25) is 0 Å². The van der Waals surface area contributed by atoms with Crippen molar-refractivity contribution in [2.45, 2.75) is 19.8 Å². The molecule has 0 spiro atoms. The zero-order chi connectivity index (χ0) is 13.0. The highest BCUT2D eigenvalue weighted by Gasteiger charge is 2.23. The molecule has 1 unspecified atom stereocenters. The Morgan fingerprint density at radius 3 is 1.95 bits per heavy atom. The van der Waals surface area contributed by atoms with Gasteiger partial charge in [-0.3, -0.25) is 0 Å². The van der Waals surface area contributed by atoms with Gasteiger partial charge in [-0.15, -0.1) is 0 Å². The van der Waals surface area contributed by atoms with Gasteiger partial charge in [-0.1, -0.05) is 67.1 Å². The minimum absolute atomic E-state index is 0.532. The van der Waals surface area contributed by atoms with Crippen molar-refractivity contribution >= 4 is 27.6 Å². The van der Waals surface area contributed by atoms with Crippen LogP contribution in [0.25, 0.3) is 27.6 Å². The summed E-state index contributed by atoms with van der Waals surface area (Å²) in [5.41, 5.74) is 4.41. The first-order valence-corrected chi connectivity index (χ1v) is 6.89. The predicted octanol–water partition coefficient (Wildman–Crippen LogP) is 5.51. The van der Waals surface area contributed by atoms with Gasteiger partial charge in [0, 0.05) is 5.92 Å². The molecule has 0 fully saturated rings. The van der Waals surface area contributed by atoms with Crippen LogP contribution < -0.4 is 0 Å². The number of rotatable bonds is 0. The van der Waals surface area contributed by atoms with Crippen LogP contribution in [0.1, 0.15) is 30.9 Å². The van der Waals surface area contributed by atoms with E-state index in [9.17, 15) is 0 Å². The van der Waals surface area contributed by atoms with Gasteiger partial charge in [-0.25, -0.2) is 0 Å². The summed E-state index contributed by atoms with van der Waals surface area (Å²) >= 11 is 0. The first kappa shape index (κ1) is 10.8. The third-order valence-corrected chi connectivity index (χ3v) is 4.50. The summed E-state index contributed by atoms with van der Waals surface area (Å²) in [6.07, 6.45) is 2.37. The molecule has 0 heteroatoms. The Morgan fingerprint density at radius 1 is 0.737 bits per heavy atom. The fourth-order valence-corrected chi connectivity index (χ4v) is 3.40. The van der Waals surface area contributed by atoms with E-state index in [1.165, 1.54) is 38.2 Å². The molecule has 0 bridgehead atoms. The van der Waals surface area contributed by atoms with Crippen molar-refractivity contribution in [3.63, 3.8) is 0 Å². The maximum atomic E-state index is 2.37. The van der Waals surface area contributed by atoms with Gasteiger partial charge in [0.2, 0.25) is 0 Å². The standard InChI is InChI=1S/C19H16/c1-12-11-18-16-9-4-3-7-14(16)15-8-5-6-10-17(15)19(18)13(12)2/h3-11,13H,1-2H3. The van der Waals surface area contributed by atoms with Gasteiger partial charge in [-0.05, 0) is 39.6 Å². The molecule has 0 heterocycles. The van der Waals surface area contributed by atoms with Gasteiger partial charge in [0.05, 0.1) is 0 Å². The van der Waals surface area contributed by atoms with Crippen LogP contribution in [0, 0.1) is 0 Å². The fourth-order valence-electron chi connectivity index (χ4n) is 3.40. The molecule has 0 radical (unpaired) electrons. The maximum absolute atomic E-state index is 2.37. The second-order valence-corrected chi connectivity index (χ2v) is 5.53. The number of allylic oxidation sites excluding steroid dienone is 1. The number of hydrogen-bond donors (Lipinski definition) is 0. The molecule has 0 nitrogen and oxygen atoms in total. The SMILES string of the molecule is CC1=Cc2c(c3ccccc3c3ccccc23)C1C. The molecule has 3 aromatic carbocycles.